The average molecular weight is 313 g/mol. The Morgan fingerprint density at radius 3 is 2.85 bits per heavy atom. The predicted molar refractivity (Wildman–Crippen MR) is 76.8 cm³/mol. The minimum absolute atomic E-state index is 0.0394. The average Bonchev–Trinajstić information content (AvgIpc) is 2.84. The van der Waals surface area contributed by atoms with Gasteiger partial charge < -0.3 is 9.30 Å². The van der Waals surface area contributed by atoms with Crippen LogP contribution in [-0.2, 0) is 16.9 Å². The molecule has 0 unspecified atom stereocenters. The first-order valence-corrected chi connectivity index (χ1v) is 8.50. The van der Waals surface area contributed by atoms with Crippen molar-refractivity contribution in [1.82, 2.24) is 14.8 Å². The van der Waals surface area contributed by atoms with Gasteiger partial charge in [0, 0.05) is 12.8 Å². The fraction of sp³-hybridized carbons (Fsp3) is 0.333. The van der Waals surface area contributed by atoms with E-state index in [1.165, 1.54) is 24.9 Å². The lowest BCUT2D eigenvalue weighted by molar-refractivity contribution is 0.413. The molecule has 20 heavy (non-hydrogen) atoms. The van der Waals surface area contributed by atoms with E-state index in [-0.39, 0.29) is 10.6 Å². The Morgan fingerprint density at radius 1 is 1.40 bits per heavy atom. The Kier molecular flexibility index (Phi) is 4.66. The Morgan fingerprint density at radius 2 is 2.20 bits per heavy atom. The summed E-state index contributed by atoms with van der Waals surface area (Å²) in [7, 11) is 0.0107. The maximum absolute atomic E-state index is 12.2. The van der Waals surface area contributed by atoms with Crippen molar-refractivity contribution in [2.24, 2.45) is 7.05 Å². The molecule has 0 radical (unpaired) electrons. The summed E-state index contributed by atoms with van der Waals surface area (Å²) in [6.07, 6.45) is 1.58. The molecule has 6 nitrogen and oxygen atoms in total. The Hall–Kier alpha value is -1.54. The van der Waals surface area contributed by atoms with E-state index >= 15 is 0 Å². The topological polar surface area (TPSA) is 74.1 Å². The number of benzene rings is 1. The van der Waals surface area contributed by atoms with Crippen molar-refractivity contribution >= 4 is 21.6 Å². The predicted octanol–water partition coefficient (Wildman–Crippen LogP) is 1.39. The number of ether oxygens (including phenoxy) is 1. The van der Waals surface area contributed by atoms with Crippen LogP contribution in [0, 0.1) is 0 Å². The fourth-order valence-corrected chi connectivity index (χ4v) is 4.12. The molecule has 0 spiro atoms. The minimum Gasteiger partial charge on any atom is -0.497 e. The van der Waals surface area contributed by atoms with E-state index in [9.17, 15) is 8.42 Å². The maximum Gasteiger partial charge on any atom is 0.190 e. The molecule has 0 aliphatic heterocycles. The highest BCUT2D eigenvalue weighted by Crippen LogP contribution is 2.20. The first-order chi connectivity index (χ1) is 9.53. The first kappa shape index (κ1) is 14.9. The molecule has 1 aromatic carbocycles. The van der Waals surface area contributed by atoms with Gasteiger partial charge in [0.1, 0.15) is 12.1 Å². The van der Waals surface area contributed by atoms with Gasteiger partial charge in [0.05, 0.1) is 17.8 Å². The third-order valence-corrected chi connectivity index (χ3v) is 5.66. The largest absolute Gasteiger partial charge is 0.497 e. The van der Waals surface area contributed by atoms with Gasteiger partial charge in [-0.25, -0.2) is 8.42 Å². The van der Waals surface area contributed by atoms with E-state index in [2.05, 4.69) is 10.2 Å². The van der Waals surface area contributed by atoms with Crippen molar-refractivity contribution in [3.05, 3.63) is 30.6 Å². The zero-order valence-corrected chi connectivity index (χ0v) is 12.8. The molecule has 1 aromatic heterocycles. The van der Waals surface area contributed by atoms with Crippen LogP contribution in [0.25, 0.3) is 0 Å². The van der Waals surface area contributed by atoms with Crippen LogP contribution in [-0.4, -0.2) is 41.8 Å². The van der Waals surface area contributed by atoms with E-state index in [4.69, 9.17) is 4.74 Å². The number of nitrogens with zero attached hydrogens (tertiary/aromatic N) is 3. The van der Waals surface area contributed by atoms with Crippen molar-refractivity contribution in [3.63, 3.8) is 0 Å². The van der Waals surface area contributed by atoms with Gasteiger partial charge in [-0.05, 0) is 18.2 Å². The monoisotopic (exact) mass is 313 g/mol. The summed E-state index contributed by atoms with van der Waals surface area (Å²) in [6.45, 7) is 0. The van der Waals surface area contributed by atoms with Crippen LogP contribution in [0.3, 0.4) is 0 Å². The third-order valence-electron chi connectivity index (χ3n) is 2.65. The van der Waals surface area contributed by atoms with Crippen LogP contribution in [0.2, 0.25) is 0 Å². The van der Waals surface area contributed by atoms with Crippen molar-refractivity contribution in [2.45, 2.75) is 10.1 Å². The summed E-state index contributed by atoms with van der Waals surface area (Å²) in [5, 5.41) is 8.34. The van der Waals surface area contributed by atoms with E-state index in [1.54, 1.807) is 29.1 Å². The molecule has 0 aliphatic carbocycles. The lowest BCUT2D eigenvalue weighted by Gasteiger charge is -2.06. The molecule has 0 saturated heterocycles. The van der Waals surface area contributed by atoms with Crippen LogP contribution in [0.15, 0.2) is 40.6 Å². The van der Waals surface area contributed by atoms with Crippen LogP contribution in [0.5, 0.6) is 5.75 Å². The maximum atomic E-state index is 12.2. The Labute approximate surface area is 122 Å². The molecule has 8 heteroatoms. The number of aromatic nitrogens is 3. The summed E-state index contributed by atoms with van der Waals surface area (Å²) < 4.78 is 31.2. The van der Waals surface area contributed by atoms with Crippen molar-refractivity contribution in [1.29, 1.82) is 0 Å². The molecule has 0 N–H and O–H groups in total. The van der Waals surface area contributed by atoms with Gasteiger partial charge in [-0.1, -0.05) is 17.8 Å². The molecule has 2 aromatic rings. The fourth-order valence-electron chi connectivity index (χ4n) is 1.56. The van der Waals surface area contributed by atoms with Gasteiger partial charge in [0.25, 0.3) is 0 Å². The number of rotatable bonds is 6. The molecular formula is C12H15N3O3S2. The van der Waals surface area contributed by atoms with Crippen LogP contribution < -0.4 is 4.74 Å². The smallest absolute Gasteiger partial charge is 0.190 e. The third kappa shape index (κ3) is 3.51. The second-order valence-electron chi connectivity index (χ2n) is 4.07. The zero-order chi connectivity index (χ0) is 14.6. The van der Waals surface area contributed by atoms with E-state index in [1.807, 2.05) is 7.05 Å². The van der Waals surface area contributed by atoms with Gasteiger partial charge in [-0.2, -0.15) is 0 Å². The van der Waals surface area contributed by atoms with Gasteiger partial charge in [-0.3, -0.25) is 0 Å². The minimum atomic E-state index is -3.32. The van der Waals surface area contributed by atoms with Gasteiger partial charge in [-0.15, -0.1) is 10.2 Å². The molecule has 2 rings (SSSR count). The van der Waals surface area contributed by atoms with E-state index in [0.29, 0.717) is 16.7 Å². The summed E-state index contributed by atoms with van der Waals surface area (Å²) in [6, 6.07) is 6.49. The van der Waals surface area contributed by atoms with E-state index < -0.39 is 9.84 Å². The molecule has 0 atom stereocenters. The Balaban J connectivity index is 2.02. The summed E-state index contributed by atoms with van der Waals surface area (Å²) in [5.41, 5.74) is 0. The number of sulfone groups is 1. The molecule has 0 amide bonds. The van der Waals surface area contributed by atoms with Crippen molar-refractivity contribution < 1.29 is 13.2 Å². The molecule has 0 aliphatic rings. The standard InChI is InChI=1S/C12H15N3O3S2/c1-15-9-13-14-12(15)19-6-7-20(16,17)11-5-3-4-10(8-11)18-2/h3-5,8-9H,6-7H2,1-2H3. The molecular weight excluding hydrogens is 298 g/mol. The van der Waals surface area contributed by atoms with Gasteiger partial charge >= 0.3 is 0 Å². The van der Waals surface area contributed by atoms with Crippen LogP contribution in [0.4, 0.5) is 0 Å². The number of thioether (sulfide) groups is 1. The second-order valence-corrected chi connectivity index (χ2v) is 7.24. The summed E-state index contributed by atoms with van der Waals surface area (Å²) >= 11 is 1.36. The number of methoxy groups -OCH3 is 1. The van der Waals surface area contributed by atoms with Crippen LogP contribution >= 0.6 is 11.8 Å². The second kappa shape index (κ2) is 6.27. The summed E-state index contributed by atoms with van der Waals surface area (Å²) in [5.74, 6) is 0.996. The SMILES string of the molecule is COc1cccc(S(=O)(=O)CCSc2nncn2C)c1. The molecule has 108 valence electrons. The lowest BCUT2D eigenvalue weighted by Crippen LogP contribution is -2.09. The highest BCUT2D eigenvalue weighted by Gasteiger charge is 2.15. The Bertz CT molecular complexity index is 683. The molecule has 0 fully saturated rings. The molecule has 0 saturated carbocycles. The number of hydrogen-bond acceptors (Lipinski definition) is 6. The molecule has 1 heterocycles. The highest BCUT2D eigenvalue weighted by atomic mass is 32.2. The first-order valence-electron chi connectivity index (χ1n) is 5.86. The quantitative estimate of drug-likeness (QED) is 0.750. The van der Waals surface area contributed by atoms with Gasteiger partial charge in [0.15, 0.2) is 15.0 Å². The zero-order valence-electron chi connectivity index (χ0n) is 11.2. The number of hydrogen-bond donors (Lipinski definition) is 0. The molecule has 0 bridgehead atoms. The lowest BCUT2D eigenvalue weighted by atomic mass is 10.3. The normalized spacial score (nSPS) is 11.5. The van der Waals surface area contributed by atoms with Crippen LogP contribution in [0.1, 0.15) is 0 Å². The van der Waals surface area contributed by atoms with Crippen molar-refractivity contribution in [3.8, 4) is 5.75 Å². The van der Waals surface area contributed by atoms with Gasteiger partial charge in [0.2, 0.25) is 0 Å². The van der Waals surface area contributed by atoms with Crippen molar-refractivity contribution in [2.75, 3.05) is 18.6 Å². The van der Waals surface area contributed by atoms with E-state index in [0.717, 1.165) is 0 Å². The summed E-state index contributed by atoms with van der Waals surface area (Å²) in [4.78, 5) is 0.274. The highest BCUT2D eigenvalue weighted by molar-refractivity contribution is 8.00. The number of aryl methyl sites for hydroxylation is 1.